The van der Waals surface area contributed by atoms with Gasteiger partial charge in [0.1, 0.15) is 23.8 Å². The number of aromatic nitrogens is 3. The maximum Gasteiger partial charge on any atom is 0.312 e. The molecule has 0 saturated carbocycles. The van der Waals surface area contributed by atoms with E-state index in [-0.39, 0.29) is 37.2 Å². The number of rotatable bonds is 11. The lowest BCUT2D eigenvalue weighted by Crippen LogP contribution is -2.58. The van der Waals surface area contributed by atoms with E-state index in [0.717, 1.165) is 5.52 Å². The summed E-state index contributed by atoms with van der Waals surface area (Å²) >= 11 is 3.64. The van der Waals surface area contributed by atoms with Crippen molar-refractivity contribution in [2.24, 2.45) is 11.8 Å². The number of amides is 2. The number of benzene rings is 1. The van der Waals surface area contributed by atoms with Gasteiger partial charge in [0.15, 0.2) is 0 Å². The van der Waals surface area contributed by atoms with Crippen molar-refractivity contribution >= 4 is 44.7 Å². The third kappa shape index (κ3) is 4.38. The predicted molar refractivity (Wildman–Crippen MR) is 144 cm³/mol. The van der Waals surface area contributed by atoms with Crippen molar-refractivity contribution in [2.45, 2.75) is 55.0 Å². The van der Waals surface area contributed by atoms with E-state index in [1.807, 2.05) is 24.3 Å². The van der Waals surface area contributed by atoms with Gasteiger partial charge in [-0.05, 0) is 31.9 Å². The summed E-state index contributed by atoms with van der Waals surface area (Å²) in [5.41, 5.74) is 0.174. The van der Waals surface area contributed by atoms with Crippen LogP contribution in [0.3, 0.4) is 0 Å². The number of ether oxygens (including phenoxy) is 2. The molecule has 2 amide bonds. The van der Waals surface area contributed by atoms with E-state index in [0.29, 0.717) is 18.4 Å². The van der Waals surface area contributed by atoms with Gasteiger partial charge in [-0.2, -0.15) is 0 Å². The molecule has 1 N–H and O–H groups in total. The van der Waals surface area contributed by atoms with E-state index in [1.165, 1.54) is 9.80 Å². The Morgan fingerprint density at radius 3 is 2.85 bits per heavy atom. The second-order valence-electron chi connectivity index (χ2n) is 10.3. The molecular weight excluding hydrogens is 570 g/mol. The summed E-state index contributed by atoms with van der Waals surface area (Å²) in [6, 6.07) is 5.66. The number of nitrogens with zero attached hydrogens (tertiary/aromatic N) is 5. The number of para-hydroxylation sites is 1. The molecule has 0 aliphatic carbocycles. The molecule has 39 heavy (non-hydrogen) atoms. The van der Waals surface area contributed by atoms with Crippen LogP contribution in [0.25, 0.3) is 11.0 Å². The summed E-state index contributed by atoms with van der Waals surface area (Å²) in [7, 11) is 0. The molecule has 12 heteroatoms. The largest absolute Gasteiger partial charge is 0.465 e. The number of hydrogen-bond acceptors (Lipinski definition) is 8. The molecule has 7 atom stereocenters. The number of likely N-dealkylation sites (tertiary alicyclic amines) is 1. The first-order valence-electron chi connectivity index (χ1n) is 13.0. The highest BCUT2D eigenvalue weighted by Gasteiger charge is 2.77. The predicted octanol–water partition coefficient (Wildman–Crippen LogP) is 1.65. The molecule has 1 aromatic heterocycles. The van der Waals surface area contributed by atoms with Crippen molar-refractivity contribution in [1.82, 2.24) is 24.8 Å². The Labute approximate surface area is 234 Å². The van der Waals surface area contributed by atoms with Gasteiger partial charge < -0.3 is 24.4 Å². The van der Waals surface area contributed by atoms with Crippen LogP contribution in [0.4, 0.5) is 0 Å². The molecular formula is C27H32BrN5O6. The molecule has 3 saturated heterocycles. The lowest BCUT2D eigenvalue weighted by Gasteiger charge is -2.38. The average Bonchev–Trinajstić information content (AvgIpc) is 3.65. The van der Waals surface area contributed by atoms with E-state index < -0.39 is 47.5 Å². The third-order valence-electron chi connectivity index (χ3n) is 7.92. The number of carbonyl (C=O) groups excluding carboxylic acids is 3. The highest BCUT2D eigenvalue weighted by Crippen LogP contribution is 2.60. The summed E-state index contributed by atoms with van der Waals surface area (Å²) in [6.07, 6.45) is 3.45. The molecule has 208 valence electrons. The van der Waals surface area contributed by atoms with Crippen LogP contribution in [0, 0.1) is 11.8 Å². The van der Waals surface area contributed by atoms with Gasteiger partial charge in [-0.25, -0.2) is 4.68 Å². The Kier molecular flexibility index (Phi) is 7.62. The number of carbonyl (C=O) groups is 3. The molecule has 2 aromatic rings. The minimum Gasteiger partial charge on any atom is -0.465 e. The fourth-order valence-corrected chi connectivity index (χ4v) is 7.19. The first-order chi connectivity index (χ1) is 18.8. The number of aliphatic hydroxyl groups is 1. The molecule has 11 nitrogen and oxygen atoms in total. The second kappa shape index (κ2) is 10.8. The highest BCUT2D eigenvalue weighted by molar-refractivity contribution is 9.09. The van der Waals surface area contributed by atoms with Gasteiger partial charge in [-0.3, -0.25) is 14.4 Å². The summed E-state index contributed by atoms with van der Waals surface area (Å²) in [6.45, 7) is 9.16. The van der Waals surface area contributed by atoms with Crippen molar-refractivity contribution in [3.63, 3.8) is 0 Å². The average molecular weight is 602 g/mol. The third-order valence-corrected chi connectivity index (χ3v) is 8.77. The SMILES string of the molecule is C=CCCOC(=O)[C@H]1[C@H]2C(=O)N([C@H](C)CO)C(C(=O)N(CC=C)Cn3nnc4ccccc43)C23CC(Br)[C@@H]1O3. The summed E-state index contributed by atoms with van der Waals surface area (Å²) < 4.78 is 13.6. The van der Waals surface area contributed by atoms with E-state index in [2.05, 4.69) is 39.4 Å². The van der Waals surface area contributed by atoms with Gasteiger partial charge in [0, 0.05) is 11.4 Å². The van der Waals surface area contributed by atoms with Crippen LogP contribution in [0.15, 0.2) is 49.6 Å². The van der Waals surface area contributed by atoms with Gasteiger partial charge in [0.05, 0.1) is 42.7 Å². The monoisotopic (exact) mass is 601 g/mol. The van der Waals surface area contributed by atoms with Crippen LogP contribution < -0.4 is 0 Å². The number of fused-ring (bicyclic) bond motifs is 2. The molecule has 3 aliphatic heterocycles. The fourth-order valence-electron chi connectivity index (χ4n) is 6.25. The molecule has 1 spiro atoms. The molecule has 2 bridgehead atoms. The van der Waals surface area contributed by atoms with Gasteiger partial charge in [-0.15, -0.1) is 18.3 Å². The Balaban J connectivity index is 1.52. The number of aliphatic hydroxyl groups excluding tert-OH is 1. The molecule has 4 heterocycles. The van der Waals surface area contributed by atoms with Gasteiger partial charge >= 0.3 is 5.97 Å². The topological polar surface area (TPSA) is 127 Å². The first-order valence-corrected chi connectivity index (χ1v) is 13.9. The summed E-state index contributed by atoms with van der Waals surface area (Å²) in [5.74, 6) is -3.10. The number of alkyl halides is 1. The van der Waals surface area contributed by atoms with Crippen LogP contribution in [0.1, 0.15) is 19.8 Å². The molecule has 3 aliphatic rings. The Morgan fingerprint density at radius 1 is 1.36 bits per heavy atom. The highest BCUT2D eigenvalue weighted by atomic mass is 79.9. The fraction of sp³-hybridized carbons (Fsp3) is 0.519. The van der Waals surface area contributed by atoms with Crippen molar-refractivity contribution in [3.05, 3.63) is 49.6 Å². The van der Waals surface area contributed by atoms with Gasteiger partial charge in [0.25, 0.3) is 0 Å². The maximum atomic E-state index is 14.4. The smallest absolute Gasteiger partial charge is 0.312 e. The van der Waals surface area contributed by atoms with Crippen LogP contribution >= 0.6 is 15.9 Å². The zero-order chi connectivity index (χ0) is 27.9. The van der Waals surface area contributed by atoms with Gasteiger partial charge in [-0.1, -0.05) is 45.4 Å². The van der Waals surface area contributed by atoms with E-state index in [9.17, 15) is 19.5 Å². The number of hydrogen-bond donors (Lipinski definition) is 1. The Morgan fingerprint density at radius 2 is 2.13 bits per heavy atom. The standard InChI is InChI=1S/C27H32BrN5O6/c1-4-6-12-38-26(37)20-21-24(35)33(16(3)14-34)23(27(21)13-17(28)22(20)39-27)25(36)31(11-5-2)15-32-19-10-8-7-9-18(19)29-30-32/h4-5,7-10,16-17,20-23,34H,1-2,6,11-15H2,3H3/t16-,17?,20+,21+,22+,23?,27?/m1/s1. The van der Waals surface area contributed by atoms with Crippen LogP contribution in [-0.4, -0.2) is 96.1 Å². The summed E-state index contributed by atoms with van der Waals surface area (Å²) in [5, 5.41) is 18.5. The zero-order valence-corrected chi connectivity index (χ0v) is 23.3. The minimum absolute atomic E-state index is 0.0618. The van der Waals surface area contributed by atoms with Crippen LogP contribution in [0.2, 0.25) is 0 Å². The number of halogens is 1. The summed E-state index contributed by atoms with van der Waals surface area (Å²) in [4.78, 5) is 44.3. The molecule has 3 fully saturated rings. The molecule has 3 unspecified atom stereocenters. The van der Waals surface area contributed by atoms with E-state index >= 15 is 0 Å². The Bertz CT molecular complexity index is 1300. The molecule has 1 aromatic carbocycles. The molecule has 5 rings (SSSR count). The van der Waals surface area contributed by atoms with Crippen molar-refractivity contribution in [2.75, 3.05) is 19.8 Å². The van der Waals surface area contributed by atoms with E-state index in [4.69, 9.17) is 9.47 Å². The first kappa shape index (κ1) is 27.5. The van der Waals surface area contributed by atoms with Crippen LogP contribution in [-0.2, 0) is 30.5 Å². The van der Waals surface area contributed by atoms with Gasteiger partial charge in [0.2, 0.25) is 11.8 Å². The van der Waals surface area contributed by atoms with Crippen molar-refractivity contribution < 1.29 is 29.0 Å². The second-order valence-corrected chi connectivity index (χ2v) is 11.4. The maximum absolute atomic E-state index is 14.4. The normalized spacial score (nSPS) is 29.9. The Hall–Kier alpha value is -3.09. The van der Waals surface area contributed by atoms with Crippen molar-refractivity contribution in [3.8, 4) is 0 Å². The molecule has 0 radical (unpaired) electrons. The van der Waals surface area contributed by atoms with E-state index in [1.54, 1.807) is 23.8 Å². The number of esters is 1. The quantitative estimate of drug-likeness (QED) is 0.178. The minimum atomic E-state index is -1.26. The lowest BCUT2D eigenvalue weighted by atomic mass is 9.70. The lowest BCUT2D eigenvalue weighted by molar-refractivity contribution is -0.156. The zero-order valence-electron chi connectivity index (χ0n) is 21.7. The van der Waals surface area contributed by atoms with Crippen LogP contribution in [0.5, 0.6) is 0 Å². The van der Waals surface area contributed by atoms with Crippen molar-refractivity contribution in [1.29, 1.82) is 0 Å².